The number of nitrogens with zero attached hydrogens (tertiary/aromatic N) is 2. The number of amides is 1. The first-order chi connectivity index (χ1) is 12.2. The summed E-state index contributed by atoms with van der Waals surface area (Å²) in [7, 11) is -3.80. The molecule has 1 atom stereocenters. The first kappa shape index (κ1) is 18.4. The standard InChI is InChI=1S/C19H21N3O3S/c1-19(2,13-20)21-18(23)17-8-5-11-22(17)26(24,25)16-10-9-14-6-3-4-7-15(14)12-16/h3-4,6-7,9-10,12,17H,5,8,11H2,1-2H3,(H,21,23)/t17-/m1/s1. The van der Waals surface area contributed by atoms with Gasteiger partial charge < -0.3 is 5.32 Å². The molecule has 1 heterocycles. The van der Waals surface area contributed by atoms with E-state index in [0.717, 1.165) is 10.8 Å². The Hall–Kier alpha value is -2.43. The van der Waals surface area contributed by atoms with Crippen molar-refractivity contribution in [1.29, 1.82) is 5.26 Å². The number of carbonyl (C=O) groups excluding carboxylic acids is 1. The zero-order chi connectivity index (χ0) is 18.9. The summed E-state index contributed by atoms with van der Waals surface area (Å²) in [5.41, 5.74) is -1.04. The van der Waals surface area contributed by atoms with Gasteiger partial charge in [-0.15, -0.1) is 0 Å². The van der Waals surface area contributed by atoms with E-state index in [1.165, 1.54) is 4.31 Å². The monoisotopic (exact) mass is 371 g/mol. The largest absolute Gasteiger partial charge is 0.337 e. The first-order valence-electron chi connectivity index (χ1n) is 8.48. The molecule has 136 valence electrons. The molecule has 1 N–H and O–H groups in total. The molecule has 1 aliphatic heterocycles. The number of carbonyl (C=O) groups is 1. The molecule has 3 rings (SSSR count). The number of hydrogen-bond acceptors (Lipinski definition) is 4. The van der Waals surface area contributed by atoms with Crippen LogP contribution in [0.1, 0.15) is 26.7 Å². The lowest BCUT2D eigenvalue weighted by Crippen LogP contribution is -2.51. The van der Waals surface area contributed by atoms with Crippen molar-refractivity contribution in [2.45, 2.75) is 43.2 Å². The molecule has 0 radical (unpaired) electrons. The van der Waals surface area contributed by atoms with E-state index in [1.54, 1.807) is 32.0 Å². The normalized spacial score (nSPS) is 18.6. The zero-order valence-electron chi connectivity index (χ0n) is 14.8. The van der Waals surface area contributed by atoms with Gasteiger partial charge in [0.2, 0.25) is 15.9 Å². The van der Waals surface area contributed by atoms with Crippen LogP contribution in [-0.2, 0) is 14.8 Å². The Morgan fingerprint density at radius 1 is 1.23 bits per heavy atom. The molecule has 0 bridgehead atoms. The highest BCUT2D eigenvalue weighted by molar-refractivity contribution is 7.89. The fourth-order valence-corrected chi connectivity index (χ4v) is 4.86. The maximum Gasteiger partial charge on any atom is 0.243 e. The highest BCUT2D eigenvalue weighted by atomic mass is 32.2. The number of nitrogens with one attached hydrogen (secondary N) is 1. The molecule has 1 saturated heterocycles. The lowest BCUT2D eigenvalue weighted by Gasteiger charge is -2.26. The van der Waals surface area contributed by atoms with Crippen molar-refractivity contribution in [3.05, 3.63) is 42.5 Å². The average Bonchev–Trinajstić information content (AvgIpc) is 3.12. The Morgan fingerprint density at radius 2 is 1.92 bits per heavy atom. The summed E-state index contributed by atoms with van der Waals surface area (Å²) >= 11 is 0. The number of fused-ring (bicyclic) bond motifs is 1. The van der Waals surface area contributed by atoms with E-state index in [2.05, 4.69) is 5.32 Å². The van der Waals surface area contributed by atoms with Crippen LogP contribution in [-0.4, -0.2) is 36.8 Å². The van der Waals surface area contributed by atoms with Crippen molar-refractivity contribution in [2.75, 3.05) is 6.54 Å². The van der Waals surface area contributed by atoms with Crippen molar-refractivity contribution < 1.29 is 13.2 Å². The minimum absolute atomic E-state index is 0.176. The molecular formula is C19H21N3O3S. The van der Waals surface area contributed by atoms with Crippen LogP contribution < -0.4 is 5.32 Å². The molecule has 0 unspecified atom stereocenters. The van der Waals surface area contributed by atoms with E-state index < -0.39 is 27.5 Å². The molecule has 26 heavy (non-hydrogen) atoms. The van der Waals surface area contributed by atoms with Crippen LogP contribution in [0.5, 0.6) is 0 Å². The molecule has 0 aromatic heterocycles. The third-order valence-corrected chi connectivity index (χ3v) is 6.45. The molecular weight excluding hydrogens is 350 g/mol. The Bertz CT molecular complexity index is 993. The first-order valence-corrected chi connectivity index (χ1v) is 9.92. The molecule has 7 heteroatoms. The number of rotatable bonds is 4. The van der Waals surface area contributed by atoms with Crippen molar-refractivity contribution in [3.8, 4) is 6.07 Å². The van der Waals surface area contributed by atoms with E-state index >= 15 is 0 Å². The van der Waals surface area contributed by atoms with Crippen LogP contribution in [0, 0.1) is 11.3 Å². The van der Waals surface area contributed by atoms with Crippen molar-refractivity contribution in [1.82, 2.24) is 9.62 Å². The Kier molecular flexibility index (Phi) is 4.74. The number of hydrogen-bond donors (Lipinski definition) is 1. The molecule has 0 spiro atoms. The molecule has 1 amide bonds. The van der Waals surface area contributed by atoms with Gasteiger partial charge in [-0.3, -0.25) is 4.79 Å². The predicted octanol–water partition coefficient (Wildman–Crippen LogP) is 2.41. The predicted molar refractivity (Wildman–Crippen MR) is 98.7 cm³/mol. The number of sulfonamides is 1. The summed E-state index contributed by atoms with van der Waals surface area (Å²) in [6, 6.07) is 13.7. The maximum absolute atomic E-state index is 13.1. The zero-order valence-corrected chi connectivity index (χ0v) is 15.6. The summed E-state index contributed by atoms with van der Waals surface area (Å²) in [5.74, 6) is -0.432. The van der Waals surface area contributed by atoms with Crippen LogP contribution in [0.3, 0.4) is 0 Å². The van der Waals surface area contributed by atoms with E-state index in [0.29, 0.717) is 19.4 Å². The van der Waals surface area contributed by atoms with Crippen LogP contribution in [0.25, 0.3) is 10.8 Å². The summed E-state index contributed by atoms with van der Waals surface area (Å²) < 4.78 is 27.5. The van der Waals surface area contributed by atoms with Gasteiger partial charge in [-0.05, 0) is 49.6 Å². The fraction of sp³-hybridized carbons (Fsp3) is 0.368. The maximum atomic E-state index is 13.1. The second kappa shape index (κ2) is 6.71. The van der Waals surface area contributed by atoms with Gasteiger partial charge in [0.1, 0.15) is 11.6 Å². The van der Waals surface area contributed by atoms with Gasteiger partial charge in [0.15, 0.2) is 0 Å². The smallest absolute Gasteiger partial charge is 0.243 e. The third-order valence-electron chi connectivity index (χ3n) is 4.55. The van der Waals surface area contributed by atoms with Gasteiger partial charge in [-0.1, -0.05) is 30.3 Å². The minimum Gasteiger partial charge on any atom is -0.337 e. The summed E-state index contributed by atoms with van der Waals surface area (Å²) in [5, 5.41) is 13.5. The SMILES string of the molecule is CC(C)(C#N)NC(=O)[C@H]1CCCN1S(=O)(=O)c1ccc2ccccc2c1. The molecule has 0 aliphatic carbocycles. The highest BCUT2D eigenvalue weighted by Crippen LogP contribution is 2.28. The molecule has 0 saturated carbocycles. The molecule has 2 aromatic rings. The second-order valence-corrected chi connectivity index (χ2v) is 8.90. The topological polar surface area (TPSA) is 90.3 Å². The van der Waals surface area contributed by atoms with Crippen molar-refractivity contribution in [3.63, 3.8) is 0 Å². The summed E-state index contributed by atoms with van der Waals surface area (Å²) in [6.45, 7) is 3.46. The van der Waals surface area contributed by atoms with Crippen LogP contribution in [0.2, 0.25) is 0 Å². The van der Waals surface area contributed by atoms with Gasteiger partial charge in [-0.2, -0.15) is 9.57 Å². The van der Waals surface area contributed by atoms with E-state index in [1.807, 2.05) is 30.3 Å². The number of nitriles is 1. The Morgan fingerprint density at radius 3 is 2.62 bits per heavy atom. The lowest BCUT2D eigenvalue weighted by molar-refractivity contribution is -0.125. The van der Waals surface area contributed by atoms with Crippen molar-refractivity contribution >= 4 is 26.7 Å². The second-order valence-electron chi connectivity index (χ2n) is 7.01. The van der Waals surface area contributed by atoms with Crippen LogP contribution in [0.4, 0.5) is 0 Å². The van der Waals surface area contributed by atoms with Crippen LogP contribution in [0.15, 0.2) is 47.4 Å². The van der Waals surface area contributed by atoms with Crippen LogP contribution >= 0.6 is 0 Å². The van der Waals surface area contributed by atoms with Crippen molar-refractivity contribution in [2.24, 2.45) is 0 Å². The molecule has 1 aliphatic rings. The minimum atomic E-state index is -3.80. The van der Waals surface area contributed by atoms with E-state index in [4.69, 9.17) is 5.26 Å². The third kappa shape index (κ3) is 3.43. The van der Waals surface area contributed by atoms with Gasteiger partial charge in [0, 0.05) is 6.54 Å². The molecule has 6 nitrogen and oxygen atoms in total. The molecule has 2 aromatic carbocycles. The lowest BCUT2D eigenvalue weighted by atomic mass is 10.1. The van der Waals surface area contributed by atoms with Gasteiger partial charge in [0.05, 0.1) is 11.0 Å². The fourth-order valence-electron chi connectivity index (χ4n) is 3.17. The number of benzene rings is 2. The van der Waals surface area contributed by atoms with E-state index in [9.17, 15) is 13.2 Å². The van der Waals surface area contributed by atoms with Gasteiger partial charge >= 0.3 is 0 Å². The summed E-state index contributed by atoms with van der Waals surface area (Å²) in [4.78, 5) is 12.7. The summed E-state index contributed by atoms with van der Waals surface area (Å²) in [6.07, 6.45) is 1.05. The highest BCUT2D eigenvalue weighted by Gasteiger charge is 2.40. The Labute approximate surface area is 153 Å². The average molecular weight is 371 g/mol. The van der Waals surface area contributed by atoms with Gasteiger partial charge in [0.25, 0.3) is 0 Å². The quantitative estimate of drug-likeness (QED) is 0.894. The van der Waals surface area contributed by atoms with E-state index in [-0.39, 0.29) is 4.90 Å². The van der Waals surface area contributed by atoms with Gasteiger partial charge in [-0.25, -0.2) is 8.42 Å². The molecule has 1 fully saturated rings. The Balaban J connectivity index is 1.92.